The number of rotatable bonds is 13. The number of aliphatic hydroxyl groups excluding tert-OH is 1. The average Bonchev–Trinajstić information content (AvgIpc) is 3.29. The molecule has 3 rings (SSSR count). The van der Waals surface area contributed by atoms with Crippen molar-refractivity contribution in [3.8, 4) is 0 Å². The first-order valence-corrected chi connectivity index (χ1v) is 12.9. The fourth-order valence-corrected chi connectivity index (χ4v) is 6.27. The van der Waals surface area contributed by atoms with Crippen LogP contribution in [0.3, 0.4) is 0 Å². The van der Waals surface area contributed by atoms with Crippen LogP contribution >= 0.6 is 0 Å². The topological polar surface area (TPSA) is 108 Å². The average molecular weight is 466 g/mol. The number of carbonyl (C=O) groups excluding carboxylic acids is 3. The number of fused-ring (bicyclic) bond motifs is 1. The Morgan fingerprint density at radius 3 is 2.42 bits per heavy atom. The molecule has 33 heavy (non-hydrogen) atoms. The zero-order valence-corrected chi connectivity index (χ0v) is 20.8. The van der Waals surface area contributed by atoms with E-state index in [1.54, 1.807) is 4.90 Å². The van der Waals surface area contributed by atoms with E-state index in [0.717, 1.165) is 44.9 Å². The Bertz CT molecular complexity index is 731. The maximum atomic E-state index is 13.8. The van der Waals surface area contributed by atoms with Gasteiger partial charge in [-0.3, -0.25) is 14.4 Å². The summed E-state index contributed by atoms with van der Waals surface area (Å²) in [7, 11) is 0. The van der Waals surface area contributed by atoms with Gasteiger partial charge in [-0.25, -0.2) is 0 Å². The predicted octanol–water partition coefficient (Wildman–Crippen LogP) is 1.99. The maximum Gasteiger partial charge on any atom is 0.245 e. The van der Waals surface area contributed by atoms with Gasteiger partial charge in [0.2, 0.25) is 17.7 Å². The quantitative estimate of drug-likeness (QED) is 0.361. The standard InChI is InChI=1S/C25H43N3O5/c1-5-7-13-27-22(31)20-25-16-17(3)24(4,33-25)18(21(30)26-12-6-2)19(25)23(32)28(20)14-10-8-9-11-15-29/h17-20,29H,5-16H2,1-4H3,(H,26,30)(H,27,31)/t17?,18-,19-,20?,24+,25?/m0/s1. The summed E-state index contributed by atoms with van der Waals surface area (Å²) in [6.07, 6.45) is 6.52. The van der Waals surface area contributed by atoms with Gasteiger partial charge in [-0.15, -0.1) is 0 Å². The van der Waals surface area contributed by atoms with Crippen molar-refractivity contribution in [2.75, 3.05) is 26.2 Å². The molecule has 0 saturated carbocycles. The first-order chi connectivity index (χ1) is 15.8. The highest BCUT2D eigenvalue weighted by Crippen LogP contribution is 2.65. The minimum atomic E-state index is -0.957. The van der Waals surface area contributed by atoms with Gasteiger partial charge in [-0.05, 0) is 44.9 Å². The summed E-state index contributed by atoms with van der Waals surface area (Å²) in [5.74, 6) is -1.59. The third-order valence-corrected chi connectivity index (χ3v) is 8.03. The first kappa shape index (κ1) is 25.9. The van der Waals surface area contributed by atoms with E-state index >= 15 is 0 Å². The summed E-state index contributed by atoms with van der Waals surface area (Å²) in [5.41, 5.74) is -1.71. The molecule has 0 aliphatic carbocycles. The fourth-order valence-electron chi connectivity index (χ4n) is 6.27. The Morgan fingerprint density at radius 2 is 1.76 bits per heavy atom. The number of hydrogen-bond acceptors (Lipinski definition) is 5. The van der Waals surface area contributed by atoms with Gasteiger partial charge in [-0.1, -0.05) is 40.0 Å². The van der Waals surface area contributed by atoms with Crippen LogP contribution in [0.4, 0.5) is 0 Å². The molecule has 3 unspecified atom stereocenters. The van der Waals surface area contributed by atoms with E-state index in [-0.39, 0.29) is 30.2 Å². The van der Waals surface area contributed by atoms with Gasteiger partial charge in [0.15, 0.2) is 0 Å². The van der Waals surface area contributed by atoms with Crippen molar-refractivity contribution in [2.24, 2.45) is 17.8 Å². The molecule has 6 atom stereocenters. The number of likely N-dealkylation sites (tertiary alicyclic amines) is 1. The molecule has 3 saturated heterocycles. The highest BCUT2D eigenvalue weighted by molar-refractivity contribution is 5.99. The summed E-state index contributed by atoms with van der Waals surface area (Å²) in [4.78, 5) is 42.3. The number of nitrogens with one attached hydrogen (secondary N) is 2. The molecule has 2 bridgehead atoms. The molecule has 3 N–H and O–H groups in total. The zero-order valence-electron chi connectivity index (χ0n) is 20.8. The van der Waals surface area contributed by atoms with Gasteiger partial charge >= 0.3 is 0 Å². The van der Waals surface area contributed by atoms with Crippen molar-refractivity contribution in [3.05, 3.63) is 0 Å². The van der Waals surface area contributed by atoms with Crippen molar-refractivity contribution in [3.63, 3.8) is 0 Å². The predicted molar refractivity (Wildman–Crippen MR) is 125 cm³/mol. The molecule has 188 valence electrons. The van der Waals surface area contributed by atoms with Crippen molar-refractivity contribution >= 4 is 17.7 Å². The summed E-state index contributed by atoms with van der Waals surface area (Å²) in [6.45, 7) is 9.84. The highest BCUT2D eigenvalue weighted by Gasteiger charge is 2.79. The zero-order chi connectivity index (χ0) is 24.2. The Hall–Kier alpha value is -1.67. The van der Waals surface area contributed by atoms with E-state index in [1.807, 2.05) is 13.8 Å². The van der Waals surface area contributed by atoms with Crippen molar-refractivity contribution < 1.29 is 24.2 Å². The second kappa shape index (κ2) is 10.7. The minimum Gasteiger partial charge on any atom is -0.396 e. The van der Waals surface area contributed by atoms with Crippen LogP contribution in [0.1, 0.15) is 79.1 Å². The first-order valence-electron chi connectivity index (χ1n) is 12.9. The lowest BCUT2D eigenvalue weighted by Gasteiger charge is -2.36. The minimum absolute atomic E-state index is 0.0642. The van der Waals surface area contributed by atoms with Gasteiger partial charge in [0, 0.05) is 26.2 Å². The van der Waals surface area contributed by atoms with Crippen LogP contribution in [-0.4, -0.2) is 71.2 Å². The van der Waals surface area contributed by atoms with Gasteiger partial charge in [0.05, 0.1) is 17.4 Å². The molecule has 3 aliphatic rings. The van der Waals surface area contributed by atoms with Crippen molar-refractivity contribution in [1.82, 2.24) is 15.5 Å². The molecule has 8 heteroatoms. The number of ether oxygens (including phenoxy) is 1. The summed E-state index contributed by atoms with van der Waals surface area (Å²) < 4.78 is 6.67. The van der Waals surface area contributed by atoms with Crippen LogP contribution in [0.25, 0.3) is 0 Å². The highest BCUT2D eigenvalue weighted by atomic mass is 16.5. The molecular formula is C25H43N3O5. The molecular weight excluding hydrogens is 422 g/mol. The largest absolute Gasteiger partial charge is 0.396 e. The molecule has 0 aromatic rings. The monoisotopic (exact) mass is 465 g/mol. The SMILES string of the molecule is CCCCNC(=O)C1N(CCCCCCO)C(=O)[C@@H]2[C@@H](C(=O)NCCC)[C@]3(C)OC12CC3C. The molecule has 8 nitrogen and oxygen atoms in total. The number of carbonyl (C=O) groups is 3. The third kappa shape index (κ3) is 4.53. The number of hydrogen-bond donors (Lipinski definition) is 3. The summed E-state index contributed by atoms with van der Waals surface area (Å²) in [6, 6.07) is -0.710. The Balaban J connectivity index is 1.90. The lowest BCUT2D eigenvalue weighted by atomic mass is 9.62. The van der Waals surface area contributed by atoms with E-state index in [2.05, 4.69) is 24.5 Å². The number of nitrogens with zero attached hydrogens (tertiary/aromatic N) is 1. The van der Waals surface area contributed by atoms with E-state index in [0.29, 0.717) is 26.1 Å². The second-order valence-corrected chi connectivity index (χ2v) is 10.3. The van der Waals surface area contributed by atoms with Gasteiger partial charge in [0.25, 0.3) is 0 Å². The van der Waals surface area contributed by atoms with E-state index in [9.17, 15) is 14.4 Å². The molecule has 3 fully saturated rings. The van der Waals surface area contributed by atoms with Crippen LogP contribution in [0.2, 0.25) is 0 Å². The van der Waals surface area contributed by atoms with Gasteiger partial charge in [-0.2, -0.15) is 0 Å². The van der Waals surface area contributed by atoms with Crippen molar-refractivity contribution in [1.29, 1.82) is 0 Å². The molecule has 3 aliphatic heterocycles. The Morgan fingerprint density at radius 1 is 1.06 bits per heavy atom. The summed E-state index contributed by atoms with van der Waals surface area (Å²) in [5, 5.41) is 15.1. The fraction of sp³-hybridized carbons (Fsp3) is 0.880. The van der Waals surface area contributed by atoms with Gasteiger partial charge in [0.1, 0.15) is 11.6 Å². The third-order valence-electron chi connectivity index (χ3n) is 8.03. The molecule has 0 radical (unpaired) electrons. The van der Waals surface area contributed by atoms with Gasteiger partial charge < -0.3 is 25.4 Å². The Labute approximate surface area is 198 Å². The maximum absolute atomic E-state index is 13.8. The van der Waals surface area contributed by atoms with E-state index < -0.39 is 29.1 Å². The van der Waals surface area contributed by atoms with Crippen LogP contribution < -0.4 is 10.6 Å². The molecule has 0 aromatic carbocycles. The van der Waals surface area contributed by atoms with Crippen LogP contribution in [0, 0.1) is 17.8 Å². The normalized spacial score (nSPS) is 34.6. The van der Waals surface area contributed by atoms with Crippen LogP contribution in [-0.2, 0) is 19.1 Å². The summed E-state index contributed by atoms with van der Waals surface area (Å²) >= 11 is 0. The molecule has 3 amide bonds. The number of amides is 3. The lowest BCUT2D eigenvalue weighted by molar-refractivity contribution is -0.147. The van der Waals surface area contributed by atoms with Crippen LogP contribution in [0.15, 0.2) is 0 Å². The van der Waals surface area contributed by atoms with Crippen molar-refractivity contribution in [2.45, 2.75) is 96.3 Å². The number of unbranched alkanes of at least 4 members (excludes halogenated alkanes) is 4. The van der Waals surface area contributed by atoms with E-state index in [4.69, 9.17) is 9.84 Å². The van der Waals surface area contributed by atoms with E-state index in [1.165, 1.54) is 0 Å². The lowest BCUT2D eigenvalue weighted by Crippen LogP contribution is -2.56. The number of aliphatic hydroxyl groups is 1. The second-order valence-electron chi connectivity index (χ2n) is 10.3. The molecule has 3 heterocycles. The smallest absolute Gasteiger partial charge is 0.245 e. The van der Waals surface area contributed by atoms with Crippen LogP contribution in [0.5, 0.6) is 0 Å². The molecule has 1 spiro atoms. The Kier molecular flexibility index (Phi) is 8.43. The molecule has 0 aromatic heterocycles.